The van der Waals surface area contributed by atoms with Crippen LogP contribution in [0.1, 0.15) is 68.8 Å². The molecule has 8 heteroatoms. The predicted molar refractivity (Wildman–Crippen MR) is 156 cm³/mol. The van der Waals surface area contributed by atoms with Crippen LogP contribution >= 0.6 is 0 Å². The van der Waals surface area contributed by atoms with E-state index in [1.54, 1.807) is 27.8 Å². The largest absolute Gasteiger partial charge is 0.490 e. The number of ether oxygens (including phenoxy) is 1. The van der Waals surface area contributed by atoms with Crippen LogP contribution in [0, 0.1) is 12.7 Å². The summed E-state index contributed by atoms with van der Waals surface area (Å²) >= 11 is 0. The fraction of sp³-hybridized carbons (Fsp3) is 0.500. The first-order valence-corrected chi connectivity index (χ1v) is 14.1. The first-order chi connectivity index (χ1) is 18.8. The van der Waals surface area contributed by atoms with E-state index in [-0.39, 0.29) is 17.7 Å². The smallest absolute Gasteiger partial charge is 0.309 e. The number of benzene rings is 2. The summed E-state index contributed by atoms with van der Waals surface area (Å²) in [6, 6.07) is 7.28. The van der Waals surface area contributed by atoms with Gasteiger partial charge in [-0.2, -0.15) is 0 Å². The lowest BCUT2D eigenvalue weighted by atomic mass is 9.88. The van der Waals surface area contributed by atoms with Gasteiger partial charge in [-0.05, 0) is 101 Å². The first kappa shape index (κ1) is 29.7. The molecule has 216 valence electrons. The van der Waals surface area contributed by atoms with Crippen molar-refractivity contribution >= 4 is 16.7 Å². The molecule has 0 unspecified atom stereocenters. The Bertz CT molecular complexity index is 1460. The SMILES string of the molecule is CC(C)(C)O.Cc1c(-c2c(CC(=O)O)n(C)c(=O)c3cc(CN4CCCCC4)ccc23)cc(F)c2c1CCCO2. The number of piperidine rings is 1. The van der Waals surface area contributed by atoms with E-state index in [9.17, 15) is 14.7 Å². The van der Waals surface area contributed by atoms with E-state index in [0.29, 0.717) is 40.6 Å². The number of aliphatic hydroxyl groups is 1. The van der Waals surface area contributed by atoms with Crippen LogP contribution < -0.4 is 10.3 Å². The third kappa shape index (κ3) is 6.73. The lowest BCUT2D eigenvalue weighted by Gasteiger charge is -2.27. The van der Waals surface area contributed by atoms with E-state index in [4.69, 9.17) is 9.84 Å². The third-order valence-corrected chi connectivity index (χ3v) is 7.46. The highest BCUT2D eigenvalue weighted by atomic mass is 19.1. The average molecular weight is 553 g/mol. The molecule has 0 bridgehead atoms. The molecule has 2 aliphatic rings. The second-order valence-electron chi connectivity index (χ2n) is 11.9. The quantitative estimate of drug-likeness (QED) is 0.442. The third-order valence-electron chi connectivity index (χ3n) is 7.46. The van der Waals surface area contributed by atoms with Gasteiger partial charge in [0.1, 0.15) is 0 Å². The van der Waals surface area contributed by atoms with Crippen molar-refractivity contribution in [2.45, 2.75) is 78.4 Å². The van der Waals surface area contributed by atoms with Gasteiger partial charge in [0.2, 0.25) is 0 Å². The number of aliphatic carboxylic acids is 1. The van der Waals surface area contributed by atoms with Gasteiger partial charge in [0.15, 0.2) is 11.6 Å². The van der Waals surface area contributed by atoms with Crippen molar-refractivity contribution < 1.29 is 24.1 Å². The zero-order valence-electron chi connectivity index (χ0n) is 24.3. The summed E-state index contributed by atoms with van der Waals surface area (Å²) in [4.78, 5) is 27.6. The zero-order valence-corrected chi connectivity index (χ0v) is 24.3. The molecular weight excluding hydrogens is 511 g/mol. The summed E-state index contributed by atoms with van der Waals surface area (Å²) in [6.07, 6.45) is 4.79. The topological polar surface area (TPSA) is 92.0 Å². The van der Waals surface area contributed by atoms with E-state index in [2.05, 4.69) is 4.90 Å². The number of likely N-dealkylation sites (tertiary alicyclic amines) is 1. The highest BCUT2D eigenvalue weighted by Crippen LogP contribution is 2.40. The van der Waals surface area contributed by atoms with Gasteiger partial charge in [0.05, 0.1) is 18.6 Å². The van der Waals surface area contributed by atoms with Gasteiger partial charge in [-0.25, -0.2) is 4.39 Å². The molecular formula is C32H41FN2O5. The van der Waals surface area contributed by atoms with Crippen molar-refractivity contribution in [1.29, 1.82) is 0 Å². The minimum atomic E-state index is -1.04. The normalized spacial score (nSPS) is 15.7. The van der Waals surface area contributed by atoms with Crippen molar-refractivity contribution in [3.63, 3.8) is 0 Å². The molecule has 3 heterocycles. The van der Waals surface area contributed by atoms with Crippen LogP contribution in [0.15, 0.2) is 29.1 Å². The second kappa shape index (κ2) is 12.1. The molecule has 1 fully saturated rings. The minimum Gasteiger partial charge on any atom is -0.490 e. The number of aromatic nitrogens is 1. The summed E-state index contributed by atoms with van der Waals surface area (Å²) in [7, 11) is 1.61. The Balaban J connectivity index is 0.000000681. The Morgan fingerprint density at radius 3 is 2.40 bits per heavy atom. The maximum absolute atomic E-state index is 15.2. The van der Waals surface area contributed by atoms with Crippen molar-refractivity contribution in [1.82, 2.24) is 9.47 Å². The summed E-state index contributed by atoms with van der Waals surface area (Å²) in [5, 5.41) is 19.4. The van der Waals surface area contributed by atoms with Crippen LogP contribution in [0.25, 0.3) is 21.9 Å². The number of fused-ring (bicyclic) bond motifs is 2. The molecule has 3 aromatic rings. The van der Waals surface area contributed by atoms with Crippen LogP contribution in [0.3, 0.4) is 0 Å². The fourth-order valence-corrected chi connectivity index (χ4v) is 5.66. The summed E-state index contributed by atoms with van der Waals surface area (Å²) in [6.45, 7) is 10.5. The van der Waals surface area contributed by atoms with Gasteiger partial charge in [0.25, 0.3) is 5.56 Å². The lowest BCUT2D eigenvalue weighted by Crippen LogP contribution is -2.29. The molecule has 0 amide bonds. The van der Waals surface area contributed by atoms with Crippen molar-refractivity contribution in [2.75, 3.05) is 19.7 Å². The van der Waals surface area contributed by atoms with Gasteiger partial charge in [0, 0.05) is 35.8 Å². The monoisotopic (exact) mass is 552 g/mol. The number of pyridine rings is 1. The highest BCUT2D eigenvalue weighted by molar-refractivity contribution is 5.99. The number of carboxylic acids is 1. The van der Waals surface area contributed by atoms with Crippen molar-refractivity contribution in [3.8, 4) is 16.9 Å². The van der Waals surface area contributed by atoms with E-state index >= 15 is 4.39 Å². The van der Waals surface area contributed by atoms with Crippen LogP contribution in [-0.4, -0.2) is 50.9 Å². The van der Waals surface area contributed by atoms with E-state index in [1.807, 2.05) is 25.1 Å². The maximum Gasteiger partial charge on any atom is 0.309 e. The lowest BCUT2D eigenvalue weighted by molar-refractivity contribution is -0.136. The molecule has 0 aliphatic carbocycles. The molecule has 0 radical (unpaired) electrons. The van der Waals surface area contributed by atoms with Crippen LogP contribution in [0.4, 0.5) is 4.39 Å². The fourth-order valence-electron chi connectivity index (χ4n) is 5.66. The van der Waals surface area contributed by atoms with Crippen molar-refractivity contribution in [2.24, 2.45) is 7.05 Å². The minimum absolute atomic E-state index is 0.236. The zero-order chi connectivity index (χ0) is 29.2. The van der Waals surface area contributed by atoms with Gasteiger partial charge in [-0.15, -0.1) is 0 Å². The molecule has 2 N–H and O–H groups in total. The van der Waals surface area contributed by atoms with E-state index in [0.717, 1.165) is 42.7 Å². The average Bonchev–Trinajstić information content (AvgIpc) is 2.89. The Morgan fingerprint density at radius 1 is 1.07 bits per heavy atom. The number of nitrogens with zero attached hydrogens (tertiary/aromatic N) is 2. The summed E-state index contributed by atoms with van der Waals surface area (Å²) < 4.78 is 22.2. The summed E-state index contributed by atoms with van der Waals surface area (Å²) in [5.41, 5.74) is 3.60. The van der Waals surface area contributed by atoms with Crippen LogP contribution in [0.2, 0.25) is 0 Å². The number of hydrogen-bond donors (Lipinski definition) is 2. The molecule has 2 aliphatic heterocycles. The molecule has 1 saturated heterocycles. The number of carboxylic acid groups (broad SMARTS) is 1. The predicted octanol–water partition coefficient (Wildman–Crippen LogP) is 5.37. The summed E-state index contributed by atoms with van der Waals surface area (Å²) in [5.74, 6) is -1.21. The molecule has 1 aromatic heterocycles. The molecule has 5 rings (SSSR count). The van der Waals surface area contributed by atoms with Gasteiger partial charge >= 0.3 is 5.97 Å². The number of carbonyl (C=O) groups is 1. The van der Waals surface area contributed by atoms with Crippen molar-refractivity contribution in [3.05, 3.63) is 62.8 Å². The highest BCUT2D eigenvalue weighted by Gasteiger charge is 2.25. The Kier molecular flexibility index (Phi) is 9.00. The molecule has 2 aromatic carbocycles. The van der Waals surface area contributed by atoms with Gasteiger partial charge in [-0.3, -0.25) is 14.5 Å². The molecule has 7 nitrogen and oxygen atoms in total. The number of halogens is 1. The molecule has 0 saturated carbocycles. The Hall–Kier alpha value is -3.23. The Labute approximate surface area is 235 Å². The standard InChI is InChI=1S/C28H31FN2O4.C4H10O/c1-17-19-7-6-12-35-27(19)23(29)14-21(17)26-20-9-8-18(16-31-10-4-3-5-11-31)13-22(20)28(34)30(2)24(26)15-25(32)33;1-4(2,3)5/h8-9,13-14H,3-7,10-12,15-16H2,1-2H3,(H,32,33);5H,1-3H3. The maximum atomic E-state index is 15.2. The van der Waals surface area contributed by atoms with E-state index in [1.165, 1.54) is 29.9 Å². The number of hydrogen-bond acceptors (Lipinski definition) is 5. The Morgan fingerprint density at radius 2 is 1.75 bits per heavy atom. The van der Waals surface area contributed by atoms with Crippen LogP contribution in [-0.2, 0) is 31.2 Å². The second-order valence-corrected chi connectivity index (χ2v) is 11.9. The van der Waals surface area contributed by atoms with Gasteiger partial charge in [-0.1, -0.05) is 18.6 Å². The number of rotatable bonds is 5. The van der Waals surface area contributed by atoms with Crippen LogP contribution in [0.5, 0.6) is 5.75 Å². The molecule has 0 atom stereocenters. The first-order valence-electron chi connectivity index (χ1n) is 14.1. The van der Waals surface area contributed by atoms with Gasteiger partial charge < -0.3 is 19.5 Å². The molecule has 0 spiro atoms. The van der Waals surface area contributed by atoms with E-state index < -0.39 is 17.4 Å². The molecule has 40 heavy (non-hydrogen) atoms.